The molecule has 0 N–H and O–H groups in total. The summed E-state index contributed by atoms with van der Waals surface area (Å²) >= 11 is 0. The first-order chi connectivity index (χ1) is 13.3. The van der Waals surface area contributed by atoms with Gasteiger partial charge in [0.1, 0.15) is 18.8 Å². The van der Waals surface area contributed by atoms with Crippen molar-refractivity contribution in [1.82, 2.24) is 0 Å². The summed E-state index contributed by atoms with van der Waals surface area (Å²) in [6.07, 6.45) is 16.5. The van der Waals surface area contributed by atoms with Crippen molar-refractivity contribution in [3.8, 4) is 6.07 Å². The molecule has 0 unspecified atom stereocenters. The zero-order valence-electron chi connectivity index (χ0n) is 16.6. The van der Waals surface area contributed by atoms with E-state index >= 15 is 0 Å². The first kappa shape index (κ1) is 19.4. The van der Waals surface area contributed by atoms with Gasteiger partial charge in [-0.05, 0) is 30.5 Å². The zero-order chi connectivity index (χ0) is 18.9. The number of nitrogens with zero attached hydrogens (tertiary/aromatic N) is 3. The van der Waals surface area contributed by atoms with Gasteiger partial charge in [0.05, 0.1) is 11.3 Å². The Morgan fingerprint density at radius 2 is 1.85 bits per heavy atom. The van der Waals surface area contributed by atoms with Crippen molar-refractivity contribution in [2.75, 3.05) is 11.4 Å². The van der Waals surface area contributed by atoms with Crippen LogP contribution in [0.5, 0.6) is 0 Å². The molecule has 3 nitrogen and oxygen atoms in total. The van der Waals surface area contributed by atoms with Gasteiger partial charge >= 0.3 is 0 Å². The van der Waals surface area contributed by atoms with Gasteiger partial charge in [0, 0.05) is 12.6 Å². The second-order valence-electron chi connectivity index (χ2n) is 7.86. The summed E-state index contributed by atoms with van der Waals surface area (Å²) in [5.41, 5.74) is 2.90. The van der Waals surface area contributed by atoms with E-state index < -0.39 is 0 Å². The highest BCUT2D eigenvalue weighted by Crippen LogP contribution is 2.30. The first-order valence-corrected chi connectivity index (χ1v) is 10.5. The molecule has 2 aromatic rings. The van der Waals surface area contributed by atoms with Crippen LogP contribution in [0.2, 0.25) is 0 Å². The maximum absolute atomic E-state index is 9.54. The van der Waals surface area contributed by atoms with Crippen molar-refractivity contribution in [3.63, 3.8) is 0 Å². The van der Waals surface area contributed by atoms with Crippen LogP contribution in [0, 0.1) is 17.2 Å². The third kappa shape index (κ3) is 5.57. The first-order valence-electron chi connectivity index (χ1n) is 10.5. The van der Waals surface area contributed by atoms with Gasteiger partial charge in [0.15, 0.2) is 12.4 Å². The van der Waals surface area contributed by atoms with E-state index in [2.05, 4.69) is 39.9 Å². The van der Waals surface area contributed by atoms with Crippen LogP contribution in [0.3, 0.4) is 0 Å². The Kier molecular flexibility index (Phi) is 7.27. The molecule has 0 spiro atoms. The molecule has 0 amide bonds. The van der Waals surface area contributed by atoms with Gasteiger partial charge in [0.25, 0.3) is 0 Å². The molecule has 1 heterocycles. The van der Waals surface area contributed by atoms with Crippen LogP contribution in [0.4, 0.5) is 11.4 Å². The number of nitriles is 1. The molecular weight excluding hydrogens is 330 g/mol. The monoisotopic (exact) mass is 362 g/mol. The minimum absolute atomic E-state index is 0.742. The quantitative estimate of drug-likeness (QED) is 0.448. The van der Waals surface area contributed by atoms with Crippen molar-refractivity contribution in [3.05, 3.63) is 54.4 Å². The molecule has 0 saturated heterocycles. The van der Waals surface area contributed by atoms with Crippen molar-refractivity contribution >= 4 is 11.4 Å². The molecular formula is C24H32N3+. The van der Waals surface area contributed by atoms with Crippen LogP contribution >= 0.6 is 0 Å². The Hall–Kier alpha value is -2.34. The maximum atomic E-state index is 9.54. The molecule has 3 rings (SSSR count). The van der Waals surface area contributed by atoms with Gasteiger partial charge in [-0.1, -0.05) is 63.5 Å². The second-order valence-corrected chi connectivity index (χ2v) is 7.86. The van der Waals surface area contributed by atoms with E-state index in [9.17, 15) is 5.26 Å². The van der Waals surface area contributed by atoms with Crippen molar-refractivity contribution in [1.29, 1.82) is 5.26 Å². The normalized spacial score (nSPS) is 14.7. The highest BCUT2D eigenvalue weighted by Gasteiger charge is 2.16. The zero-order valence-corrected chi connectivity index (χ0v) is 16.6. The summed E-state index contributed by atoms with van der Waals surface area (Å²) in [6.45, 7) is 0.952. The lowest BCUT2D eigenvalue weighted by Gasteiger charge is -2.25. The number of unbranched alkanes of at least 4 members (excludes halogenated alkanes) is 2. The molecule has 1 aliphatic carbocycles. The topological polar surface area (TPSA) is 30.9 Å². The number of aryl methyl sites for hydroxylation is 1. The molecule has 0 bridgehead atoms. The van der Waals surface area contributed by atoms with Crippen LogP contribution in [-0.2, 0) is 7.05 Å². The van der Waals surface area contributed by atoms with Gasteiger partial charge in [-0.15, -0.1) is 0 Å². The highest BCUT2D eigenvalue weighted by atomic mass is 15.1. The average Bonchev–Trinajstić information content (AvgIpc) is 2.71. The smallest absolute Gasteiger partial charge is 0.192 e. The second kappa shape index (κ2) is 10.1. The Balaban J connectivity index is 1.63. The molecule has 142 valence electrons. The maximum Gasteiger partial charge on any atom is 0.192 e. The molecule has 0 aliphatic heterocycles. The van der Waals surface area contributed by atoms with E-state index in [0.717, 1.165) is 35.8 Å². The Morgan fingerprint density at radius 3 is 2.63 bits per heavy atom. The SMILES string of the molecule is C[n+]1cccc(N(CCCCCC2CCCCC2)c2ccccc2C#N)c1. The van der Waals surface area contributed by atoms with Crippen molar-refractivity contribution in [2.24, 2.45) is 13.0 Å². The van der Waals surface area contributed by atoms with Crippen molar-refractivity contribution < 1.29 is 4.57 Å². The van der Waals surface area contributed by atoms with Crippen LogP contribution in [0.1, 0.15) is 63.4 Å². The summed E-state index contributed by atoms with van der Waals surface area (Å²) in [6, 6.07) is 14.5. The lowest BCUT2D eigenvalue weighted by molar-refractivity contribution is -0.670. The molecule has 27 heavy (non-hydrogen) atoms. The fourth-order valence-electron chi connectivity index (χ4n) is 4.28. The van der Waals surface area contributed by atoms with Crippen LogP contribution < -0.4 is 9.47 Å². The third-order valence-corrected chi connectivity index (χ3v) is 5.77. The highest BCUT2D eigenvalue weighted by molar-refractivity contribution is 5.68. The summed E-state index contributed by atoms with van der Waals surface area (Å²) < 4.78 is 2.07. The van der Waals surface area contributed by atoms with E-state index in [1.165, 1.54) is 51.4 Å². The summed E-state index contributed by atoms with van der Waals surface area (Å²) in [5, 5.41) is 9.54. The lowest BCUT2D eigenvalue weighted by atomic mass is 9.85. The van der Waals surface area contributed by atoms with E-state index in [0.29, 0.717) is 0 Å². The average molecular weight is 363 g/mol. The van der Waals surface area contributed by atoms with Gasteiger partial charge in [-0.25, -0.2) is 4.57 Å². The molecule has 1 aliphatic rings. The summed E-state index contributed by atoms with van der Waals surface area (Å²) in [7, 11) is 2.04. The Morgan fingerprint density at radius 1 is 1.04 bits per heavy atom. The summed E-state index contributed by atoms with van der Waals surface area (Å²) in [4.78, 5) is 2.30. The molecule has 0 radical (unpaired) electrons. The van der Waals surface area contributed by atoms with Crippen molar-refractivity contribution in [2.45, 2.75) is 57.8 Å². The number of anilines is 2. The molecule has 1 aromatic carbocycles. The fourth-order valence-corrected chi connectivity index (χ4v) is 4.28. The lowest BCUT2D eigenvalue weighted by Crippen LogP contribution is -2.29. The van der Waals surface area contributed by atoms with Crippen LogP contribution in [0.25, 0.3) is 0 Å². The van der Waals surface area contributed by atoms with E-state index in [4.69, 9.17) is 0 Å². The number of pyridine rings is 1. The van der Waals surface area contributed by atoms with Gasteiger partial charge in [-0.3, -0.25) is 0 Å². The molecule has 0 atom stereocenters. The van der Waals surface area contributed by atoms with E-state index in [-0.39, 0.29) is 0 Å². The predicted molar refractivity (Wildman–Crippen MR) is 111 cm³/mol. The number of aromatic nitrogens is 1. The standard InChI is InChI=1S/C24H32N3/c1-26-17-10-15-23(20-26)27(24-16-8-7-14-22(24)19-25)18-9-3-6-13-21-11-4-2-5-12-21/h7-8,10,14-17,20-21H,2-6,9,11-13,18H2,1H3/q+1. The Labute approximate surface area is 164 Å². The number of hydrogen-bond donors (Lipinski definition) is 0. The molecule has 1 aromatic heterocycles. The third-order valence-electron chi connectivity index (χ3n) is 5.77. The minimum atomic E-state index is 0.742. The van der Waals surface area contributed by atoms with Gasteiger partial charge < -0.3 is 4.90 Å². The number of para-hydroxylation sites is 1. The minimum Gasteiger partial charge on any atom is -0.336 e. The largest absolute Gasteiger partial charge is 0.336 e. The van der Waals surface area contributed by atoms with Crippen LogP contribution in [-0.4, -0.2) is 6.54 Å². The van der Waals surface area contributed by atoms with Gasteiger partial charge in [0.2, 0.25) is 0 Å². The van der Waals surface area contributed by atoms with Crippen LogP contribution in [0.15, 0.2) is 48.8 Å². The number of rotatable bonds is 8. The Bertz CT molecular complexity index is 756. The van der Waals surface area contributed by atoms with E-state index in [1.54, 1.807) is 0 Å². The molecule has 1 fully saturated rings. The van der Waals surface area contributed by atoms with E-state index in [1.807, 2.05) is 31.4 Å². The number of hydrogen-bond acceptors (Lipinski definition) is 2. The van der Waals surface area contributed by atoms with Gasteiger partial charge in [-0.2, -0.15) is 5.26 Å². The fraction of sp³-hybridized carbons (Fsp3) is 0.500. The summed E-state index contributed by atoms with van der Waals surface area (Å²) in [5.74, 6) is 0.974. The molecule has 3 heteroatoms. The molecule has 1 saturated carbocycles. The predicted octanol–water partition coefficient (Wildman–Crippen LogP) is 5.66. The number of benzene rings is 1.